The van der Waals surface area contributed by atoms with Crippen molar-refractivity contribution in [1.82, 2.24) is 20.0 Å². The molecular formula is C24H28N4O2. The van der Waals surface area contributed by atoms with Crippen molar-refractivity contribution in [2.24, 2.45) is 0 Å². The lowest BCUT2D eigenvalue weighted by Gasteiger charge is -2.28. The number of nitrogens with one attached hydrogen (secondary N) is 1. The first-order valence-electron chi connectivity index (χ1n) is 10.5. The fraction of sp³-hybridized carbons (Fsp3) is 0.333. The first-order valence-corrected chi connectivity index (χ1v) is 10.5. The van der Waals surface area contributed by atoms with E-state index in [1.807, 2.05) is 48.7 Å². The molecule has 0 spiro atoms. The Morgan fingerprint density at radius 3 is 2.70 bits per heavy atom. The van der Waals surface area contributed by atoms with E-state index in [0.717, 1.165) is 30.1 Å². The molecule has 0 radical (unpaired) electrons. The van der Waals surface area contributed by atoms with E-state index in [4.69, 9.17) is 4.74 Å². The number of rotatable bonds is 8. The lowest BCUT2D eigenvalue weighted by molar-refractivity contribution is -0.120. The van der Waals surface area contributed by atoms with Gasteiger partial charge in [0.2, 0.25) is 5.91 Å². The molecule has 1 aliphatic heterocycles. The summed E-state index contributed by atoms with van der Waals surface area (Å²) in [6.45, 7) is 2.70. The van der Waals surface area contributed by atoms with Gasteiger partial charge in [0, 0.05) is 12.7 Å². The Bertz CT molecular complexity index is 964. The first kappa shape index (κ1) is 20.2. The molecule has 1 aromatic heterocycles. The van der Waals surface area contributed by atoms with Crippen LogP contribution in [0.1, 0.15) is 30.0 Å². The standard InChI is InChI=1S/C24H28N4O2/c1-30-22-11-7-8-20(15-22)23(27-12-5-6-13-27)17-25-24(29)14-19-16-26-28(18-19)21-9-3-2-4-10-21/h2-4,7-11,15-16,18,23H,5-6,12-14,17H2,1H3,(H,25,29). The molecule has 0 aliphatic carbocycles. The maximum absolute atomic E-state index is 12.6. The average Bonchev–Trinajstić information content (AvgIpc) is 3.47. The second kappa shape index (κ2) is 9.59. The van der Waals surface area contributed by atoms with Crippen LogP contribution in [0.25, 0.3) is 5.69 Å². The number of hydrogen-bond acceptors (Lipinski definition) is 4. The number of carbonyl (C=O) groups is 1. The van der Waals surface area contributed by atoms with E-state index in [1.165, 1.54) is 18.4 Å². The molecule has 6 nitrogen and oxygen atoms in total. The summed E-state index contributed by atoms with van der Waals surface area (Å²) >= 11 is 0. The van der Waals surface area contributed by atoms with Gasteiger partial charge in [0.1, 0.15) is 5.75 Å². The van der Waals surface area contributed by atoms with E-state index in [1.54, 1.807) is 18.0 Å². The number of hydrogen-bond donors (Lipinski definition) is 1. The number of likely N-dealkylation sites (tertiary alicyclic amines) is 1. The molecule has 156 valence electrons. The zero-order valence-electron chi connectivity index (χ0n) is 17.3. The highest BCUT2D eigenvalue weighted by atomic mass is 16.5. The fourth-order valence-corrected chi connectivity index (χ4v) is 3.99. The molecule has 1 saturated heterocycles. The van der Waals surface area contributed by atoms with E-state index in [2.05, 4.69) is 27.4 Å². The molecule has 0 saturated carbocycles. The molecule has 1 aliphatic rings. The van der Waals surface area contributed by atoms with Crippen LogP contribution in [0.15, 0.2) is 67.0 Å². The monoisotopic (exact) mass is 404 g/mol. The number of carbonyl (C=O) groups excluding carboxylic acids is 1. The predicted octanol–water partition coefficient (Wildman–Crippen LogP) is 3.38. The highest BCUT2D eigenvalue weighted by Gasteiger charge is 2.24. The van der Waals surface area contributed by atoms with Gasteiger partial charge in [-0.15, -0.1) is 0 Å². The SMILES string of the molecule is COc1cccc(C(CNC(=O)Cc2cnn(-c3ccccc3)c2)N2CCCC2)c1. The normalized spacial score (nSPS) is 15.1. The number of amides is 1. The van der Waals surface area contributed by atoms with Crippen molar-refractivity contribution in [2.45, 2.75) is 25.3 Å². The smallest absolute Gasteiger partial charge is 0.224 e. The van der Waals surface area contributed by atoms with Gasteiger partial charge < -0.3 is 10.1 Å². The van der Waals surface area contributed by atoms with Crippen LogP contribution in [-0.4, -0.2) is 47.3 Å². The van der Waals surface area contributed by atoms with Crippen molar-refractivity contribution >= 4 is 5.91 Å². The minimum atomic E-state index is 0.00899. The number of para-hydroxylation sites is 1. The van der Waals surface area contributed by atoms with E-state index < -0.39 is 0 Å². The lowest BCUT2D eigenvalue weighted by Crippen LogP contribution is -2.37. The van der Waals surface area contributed by atoms with Crippen LogP contribution in [0, 0.1) is 0 Å². The quantitative estimate of drug-likeness (QED) is 0.625. The van der Waals surface area contributed by atoms with Gasteiger partial charge in [-0.25, -0.2) is 4.68 Å². The van der Waals surface area contributed by atoms with Crippen molar-refractivity contribution in [3.63, 3.8) is 0 Å². The van der Waals surface area contributed by atoms with Crippen LogP contribution in [0.5, 0.6) is 5.75 Å². The van der Waals surface area contributed by atoms with Gasteiger partial charge in [-0.05, 0) is 61.3 Å². The van der Waals surface area contributed by atoms with Crippen molar-refractivity contribution in [3.8, 4) is 11.4 Å². The largest absolute Gasteiger partial charge is 0.497 e. The van der Waals surface area contributed by atoms with Gasteiger partial charge in [0.25, 0.3) is 0 Å². The Balaban J connectivity index is 1.39. The topological polar surface area (TPSA) is 59.4 Å². The second-order valence-corrected chi connectivity index (χ2v) is 7.65. The maximum atomic E-state index is 12.6. The summed E-state index contributed by atoms with van der Waals surface area (Å²) in [4.78, 5) is 15.1. The summed E-state index contributed by atoms with van der Waals surface area (Å²) in [6, 6.07) is 18.2. The molecule has 30 heavy (non-hydrogen) atoms. The minimum Gasteiger partial charge on any atom is -0.497 e. The third-order valence-corrected chi connectivity index (χ3v) is 5.57. The van der Waals surface area contributed by atoms with Crippen molar-refractivity contribution in [1.29, 1.82) is 0 Å². The summed E-state index contributed by atoms with van der Waals surface area (Å²) in [5, 5.41) is 7.51. The van der Waals surface area contributed by atoms with Crippen molar-refractivity contribution in [2.75, 3.05) is 26.7 Å². The Morgan fingerprint density at radius 2 is 1.93 bits per heavy atom. The third-order valence-electron chi connectivity index (χ3n) is 5.57. The second-order valence-electron chi connectivity index (χ2n) is 7.65. The van der Waals surface area contributed by atoms with E-state index in [9.17, 15) is 4.79 Å². The molecule has 1 amide bonds. The van der Waals surface area contributed by atoms with Crippen LogP contribution < -0.4 is 10.1 Å². The Morgan fingerprint density at radius 1 is 1.13 bits per heavy atom. The summed E-state index contributed by atoms with van der Waals surface area (Å²) in [6.07, 6.45) is 6.39. The molecule has 0 bridgehead atoms. The van der Waals surface area contributed by atoms with E-state index in [0.29, 0.717) is 13.0 Å². The van der Waals surface area contributed by atoms with Crippen LogP contribution >= 0.6 is 0 Å². The molecule has 2 aromatic carbocycles. The minimum absolute atomic E-state index is 0.00899. The van der Waals surface area contributed by atoms with Gasteiger partial charge >= 0.3 is 0 Å². The maximum Gasteiger partial charge on any atom is 0.224 e. The molecule has 1 unspecified atom stereocenters. The number of nitrogens with zero attached hydrogens (tertiary/aromatic N) is 3. The zero-order valence-corrected chi connectivity index (χ0v) is 17.3. The van der Waals surface area contributed by atoms with E-state index in [-0.39, 0.29) is 11.9 Å². The van der Waals surface area contributed by atoms with Gasteiger partial charge in [-0.2, -0.15) is 5.10 Å². The van der Waals surface area contributed by atoms with E-state index >= 15 is 0 Å². The predicted molar refractivity (Wildman–Crippen MR) is 117 cm³/mol. The summed E-state index contributed by atoms with van der Waals surface area (Å²) in [5.41, 5.74) is 3.06. The van der Waals surface area contributed by atoms with Crippen molar-refractivity contribution in [3.05, 3.63) is 78.1 Å². The van der Waals surface area contributed by atoms with Gasteiger partial charge in [-0.3, -0.25) is 9.69 Å². The average molecular weight is 405 g/mol. The van der Waals surface area contributed by atoms with Crippen LogP contribution in [0.2, 0.25) is 0 Å². The molecule has 1 N–H and O–H groups in total. The molecular weight excluding hydrogens is 376 g/mol. The number of ether oxygens (including phenoxy) is 1. The summed E-state index contributed by atoms with van der Waals surface area (Å²) < 4.78 is 7.19. The Hall–Kier alpha value is -3.12. The van der Waals surface area contributed by atoms with Crippen LogP contribution in [0.3, 0.4) is 0 Å². The van der Waals surface area contributed by atoms with Crippen LogP contribution in [-0.2, 0) is 11.2 Å². The number of methoxy groups -OCH3 is 1. The Kier molecular flexibility index (Phi) is 6.44. The fourth-order valence-electron chi connectivity index (χ4n) is 3.99. The van der Waals surface area contributed by atoms with Crippen LogP contribution in [0.4, 0.5) is 0 Å². The molecule has 6 heteroatoms. The molecule has 1 atom stereocenters. The molecule has 2 heterocycles. The summed E-state index contributed by atoms with van der Waals surface area (Å²) in [7, 11) is 1.68. The zero-order chi connectivity index (χ0) is 20.8. The number of aromatic nitrogens is 2. The first-order chi connectivity index (χ1) is 14.7. The molecule has 3 aromatic rings. The van der Waals surface area contributed by atoms with Gasteiger partial charge in [-0.1, -0.05) is 30.3 Å². The molecule has 1 fully saturated rings. The number of benzene rings is 2. The van der Waals surface area contributed by atoms with Gasteiger partial charge in [0.15, 0.2) is 0 Å². The molecule has 4 rings (SSSR count). The highest BCUT2D eigenvalue weighted by Crippen LogP contribution is 2.27. The summed E-state index contributed by atoms with van der Waals surface area (Å²) in [5.74, 6) is 0.853. The highest BCUT2D eigenvalue weighted by molar-refractivity contribution is 5.78. The Labute approximate surface area is 177 Å². The van der Waals surface area contributed by atoms with Crippen molar-refractivity contribution < 1.29 is 9.53 Å². The third kappa shape index (κ3) is 4.89. The lowest BCUT2D eigenvalue weighted by atomic mass is 10.0. The van der Waals surface area contributed by atoms with Gasteiger partial charge in [0.05, 0.1) is 31.5 Å².